The van der Waals surface area contributed by atoms with Gasteiger partial charge in [-0.3, -0.25) is 9.59 Å². The summed E-state index contributed by atoms with van der Waals surface area (Å²) in [4.78, 5) is 26.5. The van der Waals surface area contributed by atoms with Gasteiger partial charge in [-0.25, -0.2) is 0 Å². The van der Waals surface area contributed by atoms with E-state index < -0.39 is 6.10 Å². The van der Waals surface area contributed by atoms with E-state index in [2.05, 4.69) is 19.2 Å². The summed E-state index contributed by atoms with van der Waals surface area (Å²) in [5, 5.41) is 3.42. The molecule has 1 aliphatic rings. The Balaban J connectivity index is 1.84. The van der Waals surface area contributed by atoms with Crippen molar-refractivity contribution in [3.05, 3.63) is 53.1 Å². The topological polar surface area (TPSA) is 58.6 Å². The van der Waals surface area contributed by atoms with Gasteiger partial charge in [-0.1, -0.05) is 25.4 Å². The molecule has 1 unspecified atom stereocenters. The summed E-state index contributed by atoms with van der Waals surface area (Å²) in [6.45, 7) is 6.48. The maximum Gasteiger partial charge on any atom is 0.267 e. The molecule has 3 rings (SSSR count). The van der Waals surface area contributed by atoms with Gasteiger partial charge >= 0.3 is 0 Å². The van der Waals surface area contributed by atoms with E-state index in [9.17, 15) is 9.59 Å². The van der Waals surface area contributed by atoms with Gasteiger partial charge in [-0.05, 0) is 49.2 Å². The van der Waals surface area contributed by atoms with Crippen LogP contribution in [0.5, 0.6) is 5.75 Å². The number of rotatable bonds is 4. The van der Waals surface area contributed by atoms with Gasteiger partial charge in [0.2, 0.25) is 0 Å². The minimum Gasteiger partial charge on any atom is -0.479 e. The predicted octanol–water partition coefficient (Wildman–Crippen LogP) is 4.36. The van der Waals surface area contributed by atoms with Gasteiger partial charge in [-0.15, -0.1) is 0 Å². The summed E-state index contributed by atoms with van der Waals surface area (Å²) in [6.07, 6.45) is -0.552. The van der Waals surface area contributed by atoms with E-state index in [1.54, 1.807) is 54.3 Å². The lowest BCUT2D eigenvalue weighted by molar-refractivity contribution is -0.125. The van der Waals surface area contributed by atoms with Crippen LogP contribution in [0.1, 0.15) is 31.1 Å². The Morgan fingerprint density at radius 3 is 2.58 bits per heavy atom. The molecule has 2 amide bonds. The van der Waals surface area contributed by atoms with Gasteiger partial charge in [0, 0.05) is 28.9 Å². The maximum atomic E-state index is 12.4. The molecule has 0 saturated heterocycles. The quantitative estimate of drug-likeness (QED) is 0.867. The largest absolute Gasteiger partial charge is 0.479 e. The molecule has 1 N–H and O–H groups in total. The second-order valence-electron chi connectivity index (χ2n) is 6.75. The van der Waals surface area contributed by atoms with E-state index in [1.165, 1.54) is 0 Å². The first-order valence-electron chi connectivity index (χ1n) is 8.54. The number of carbonyl (C=O) groups excluding carboxylic acids is 2. The molecule has 2 aromatic carbocycles. The van der Waals surface area contributed by atoms with Crippen molar-refractivity contribution in [2.75, 3.05) is 16.8 Å². The highest BCUT2D eigenvalue weighted by Crippen LogP contribution is 2.36. The van der Waals surface area contributed by atoms with Gasteiger partial charge < -0.3 is 15.0 Å². The van der Waals surface area contributed by atoms with Crippen molar-refractivity contribution in [1.29, 1.82) is 0 Å². The Hall–Kier alpha value is -2.53. The Morgan fingerprint density at radius 1 is 1.23 bits per heavy atom. The van der Waals surface area contributed by atoms with Crippen molar-refractivity contribution in [3.8, 4) is 5.75 Å². The summed E-state index contributed by atoms with van der Waals surface area (Å²) in [5.74, 6) is 0.637. The molecule has 6 heteroatoms. The molecule has 0 bridgehead atoms. The highest BCUT2D eigenvalue weighted by molar-refractivity contribution is 6.30. The SMILES string of the molecule is CC(C)CN1C(=O)C(C)Oc2cc(NC(=O)c3ccc(Cl)cc3)ccc21. The molecule has 5 nitrogen and oxygen atoms in total. The number of halogens is 1. The molecule has 1 aliphatic heterocycles. The van der Waals surface area contributed by atoms with Crippen LogP contribution in [0.2, 0.25) is 5.02 Å². The number of fused-ring (bicyclic) bond motifs is 1. The van der Waals surface area contributed by atoms with Crippen molar-refractivity contribution >= 4 is 34.8 Å². The Bertz CT molecular complexity index is 833. The fourth-order valence-corrected chi connectivity index (χ4v) is 2.97. The number of nitrogens with zero attached hydrogens (tertiary/aromatic N) is 1. The summed E-state index contributed by atoms with van der Waals surface area (Å²) >= 11 is 5.85. The van der Waals surface area contributed by atoms with Gasteiger partial charge in [0.25, 0.3) is 11.8 Å². The van der Waals surface area contributed by atoms with Crippen molar-refractivity contribution < 1.29 is 14.3 Å². The molecular weight excluding hydrogens is 352 g/mol. The summed E-state index contributed by atoms with van der Waals surface area (Å²) in [7, 11) is 0. The molecule has 0 aliphatic carbocycles. The van der Waals surface area contributed by atoms with E-state index in [1.807, 2.05) is 0 Å². The molecule has 0 fully saturated rings. The second kappa shape index (κ2) is 7.38. The van der Waals surface area contributed by atoms with E-state index in [-0.39, 0.29) is 11.8 Å². The van der Waals surface area contributed by atoms with Gasteiger partial charge in [0.15, 0.2) is 6.10 Å². The average Bonchev–Trinajstić information content (AvgIpc) is 2.59. The van der Waals surface area contributed by atoms with Crippen LogP contribution in [-0.4, -0.2) is 24.5 Å². The number of hydrogen-bond donors (Lipinski definition) is 1. The van der Waals surface area contributed by atoms with Crippen LogP contribution in [0.25, 0.3) is 0 Å². The third kappa shape index (κ3) is 3.83. The number of amides is 2. The number of nitrogens with one attached hydrogen (secondary N) is 1. The van der Waals surface area contributed by atoms with Crippen molar-refractivity contribution in [2.24, 2.45) is 5.92 Å². The fraction of sp³-hybridized carbons (Fsp3) is 0.300. The van der Waals surface area contributed by atoms with Crippen LogP contribution < -0.4 is 15.0 Å². The molecule has 2 aromatic rings. The van der Waals surface area contributed by atoms with Crippen LogP contribution >= 0.6 is 11.6 Å². The summed E-state index contributed by atoms with van der Waals surface area (Å²) < 4.78 is 5.74. The predicted molar refractivity (Wildman–Crippen MR) is 103 cm³/mol. The van der Waals surface area contributed by atoms with Crippen molar-refractivity contribution in [2.45, 2.75) is 26.9 Å². The lowest BCUT2D eigenvalue weighted by atomic mass is 10.1. The minimum atomic E-state index is -0.552. The zero-order valence-corrected chi connectivity index (χ0v) is 15.7. The highest BCUT2D eigenvalue weighted by Gasteiger charge is 2.32. The third-order valence-electron chi connectivity index (χ3n) is 4.08. The maximum absolute atomic E-state index is 12.4. The van der Waals surface area contributed by atoms with E-state index in [0.29, 0.717) is 34.5 Å². The van der Waals surface area contributed by atoms with Crippen molar-refractivity contribution in [3.63, 3.8) is 0 Å². The molecule has 1 heterocycles. The average molecular weight is 373 g/mol. The second-order valence-corrected chi connectivity index (χ2v) is 7.18. The first kappa shape index (κ1) is 18.3. The lowest BCUT2D eigenvalue weighted by Crippen LogP contribution is -2.46. The van der Waals surface area contributed by atoms with Gasteiger partial charge in [0.05, 0.1) is 5.69 Å². The molecule has 0 saturated carbocycles. The fourth-order valence-electron chi connectivity index (χ4n) is 2.85. The number of anilines is 2. The summed E-state index contributed by atoms with van der Waals surface area (Å²) in [6, 6.07) is 12.0. The first-order chi connectivity index (χ1) is 12.3. The normalized spacial score (nSPS) is 16.3. The number of carbonyl (C=O) groups is 2. The van der Waals surface area contributed by atoms with Crippen molar-refractivity contribution in [1.82, 2.24) is 0 Å². The zero-order chi connectivity index (χ0) is 18.8. The standard InChI is InChI=1S/C20H21ClN2O3/c1-12(2)11-23-17-9-8-16(10-18(17)26-13(3)20(23)25)22-19(24)14-4-6-15(21)7-5-14/h4-10,12-13H,11H2,1-3H3,(H,22,24). The molecule has 0 radical (unpaired) electrons. The number of ether oxygens (including phenoxy) is 1. The zero-order valence-electron chi connectivity index (χ0n) is 15.0. The molecular formula is C20H21ClN2O3. The highest BCUT2D eigenvalue weighted by atomic mass is 35.5. The van der Waals surface area contributed by atoms with Gasteiger partial charge in [0.1, 0.15) is 5.75 Å². The van der Waals surface area contributed by atoms with E-state index >= 15 is 0 Å². The smallest absolute Gasteiger partial charge is 0.267 e. The molecule has 136 valence electrons. The molecule has 1 atom stereocenters. The van der Waals surface area contributed by atoms with Crippen LogP contribution in [-0.2, 0) is 4.79 Å². The van der Waals surface area contributed by atoms with Crippen LogP contribution in [0.3, 0.4) is 0 Å². The first-order valence-corrected chi connectivity index (χ1v) is 8.92. The Kier molecular flexibility index (Phi) is 5.18. The third-order valence-corrected chi connectivity index (χ3v) is 4.33. The molecule has 0 spiro atoms. The monoisotopic (exact) mass is 372 g/mol. The Morgan fingerprint density at radius 2 is 1.92 bits per heavy atom. The summed E-state index contributed by atoms with van der Waals surface area (Å²) in [5.41, 5.74) is 1.85. The number of benzene rings is 2. The Labute approximate surface area is 157 Å². The lowest BCUT2D eigenvalue weighted by Gasteiger charge is -2.34. The molecule has 0 aromatic heterocycles. The van der Waals surface area contributed by atoms with E-state index in [4.69, 9.17) is 16.3 Å². The molecule has 26 heavy (non-hydrogen) atoms. The minimum absolute atomic E-state index is 0.0517. The van der Waals surface area contributed by atoms with Crippen LogP contribution in [0, 0.1) is 5.92 Å². The van der Waals surface area contributed by atoms with Crippen LogP contribution in [0.4, 0.5) is 11.4 Å². The number of hydrogen-bond acceptors (Lipinski definition) is 3. The van der Waals surface area contributed by atoms with E-state index in [0.717, 1.165) is 5.69 Å². The van der Waals surface area contributed by atoms with Gasteiger partial charge in [-0.2, -0.15) is 0 Å². The van der Waals surface area contributed by atoms with Crippen LogP contribution in [0.15, 0.2) is 42.5 Å².